The molecule has 1 aliphatic carbocycles. The molecule has 2 aliphatic rings. The molecule has 0 bridgehead atoms. The lowest BCUT2D eigenvalue weighted by atomic mass is 9.75. The maximum atomic E-state index is 13.4. The summed E-state index contributed by atoms with van der Waals surface area (Å²) in [6, 6.07) is 14.6. The third kappa shape index (κ3) is 3.22. The second-order valence-electron chi connectivity index (χ2n) is 7.74. The molecule has 6 nitrogen and oxygen atoms in total. The van der Waals surface area contributed by atoms with Crippen LogP contribution < -0.4 is 5.32 Å². The first-order chi connectivity index (χ1) is 14.6. The van der Waals surface area contributed by atoms with Gasteiger partial charge in [-0.05, 0) is 35.2 Å². The van der Waals surface area contributed by atoms with Gasteiger partial charge in [0.15, 0.2) is 5.78 Å². The van der Waals surface area contributed by atoms with Crippen LogP contribution in [0.5, 0.6) is 0 Å². The first-order valence-corrected chi connectivity index (χ1v) is 10.4. The zero-order chi connectivity index (χ0) is 20.7. The van der Waals surface area contributed by atoms with Crippen LogP contribution >= 0.6 is 11.6 Å². The molecule has 30 heavy (non-hydrogen) atoms. The third-order valence-corrected chi connectivity index (χ3v) is 6.31. The second kappa shape index (κ2) is 7.70. The fraction of sp³-hybridized carbons (Fsp3) is 0.261. The predicted octanol–water partition coefficient (Wildman–Crippen LogP) is 3.93. The molecule has 0 spiro atoms. The van der Waals surface area contributed by atoms with Gasteiger partial charge in [0.1, 0.15) is 24.5 Å². The smallest absolute Gasteiger partial charge is 0.164 e. The number of halogens is 1. The molecule has 0 saturated carbocycles. The van der Waals surface area contributed by atoms with Gasteiger partial charge in [-0.3, -0.25) is 4.79 Å². The van der Waals surface area contributed by atoms with Crippen LogP contribution in [0.1, 0.15) is 41.1 Å². The zero-order valence-electron chi connectivity index (χ0n) is 16.2. The van der Waals surface area contributed by atoms with E-state index >= 15 is 0 Å². The number of carbonyl (C=O) groups is 1. The summed E-state index contributed by atoms with van der Waals surface area (Å²) in [6.07, 6.45) is 4.19. The highest BCUT2D eigenvalue weighted by Crippen LogP contribution is 2.45. The number of ketones is 1. The molecule has 0 amide bonds. The number of aliphatic hydroxyl groups is 1. The molecule has 1 aromatic heterocycles. The maximum Gasteiger partial charge on any atom is 0.164 e. The number of allylic oxidation sites excluding steroid dienone is 1. The van der Waals surface area contributed by atoms with Crippen LogP contribution in [0.15, 0.2) is 72.5 Å². The topological polar surface area (TPSA) is 80.0 Å². The molecule has 2 N–H and O–H groups in total. The summed E-state index contributed by atoms with van der Waals surface area (Å²) in [4.78, 5) is 17.4. The molecule has 3 atom stereocenters. The third-order valence-electron chi connectivity index (χ3n) is 6.06. The van der Waals surface area contributed by atoms with Gasteiger partial charge < -0.3 is 10.4 Å². The standard InChI is InChI=1S/C23H21ClN4O2/c24-16-7-5-15(6-8-16)18-11-19(29)20(23(30)22(18)28-13-25-12-27-28)21-17-4-2-1-3-14(17)9-10-26-21/h1-8,12-13,18,21-22,26,30H,9-11H2/t18-,21+,22+/m1/s1. The Kier molecular flexibility index (Phi) is 4.89. The van der Waals surface area contributed by atoms with Gasteiger partial charge in [0.25, 0.3) is 0 Å². The summed E-state index contributed by atoms with van der Waals surface area (Å²) in [5, 5.41) is 19.8. The van der Waals surface area contributed by atoms with E-state index < -0.39 is 6.04 Å². The molecular weight excluding hydrogens is 400 g/mol. The summed E-state index contributed by atoms with van der Waals surface area (Å²) >= 11 is 6.06. The molecule has 0 fully saturated rings. The van der Waals surface area contributed by atoms with Crippen molar-refractivity contribution in [2.75, 3.05) is 6.54 Å². The molecule has 7 heteroatoms. The first-order valence-electron chi connectivity index (χ1n) is 10.0. The van der Waals surface area contributed by atoms with Crippen LogP contribution in [-0.2, 0) is 11.2 Å². The highest BCUT2D eigenvalue weighted by Gasteiger charge is 2.42. The van der Waals surface area contributed by atoms with Crippen molar-refractivity contribution in [3.8, 4) is 0 Å². The molecular formula is C23H21ClN4O2. The van der Waals surface area contributed by atoms with Crippen molar-refractivity contribution < 1.29 is 9.90 Å². The number of fused-ring (bicyclic) bond motifs is 1. The van der Waals surface area contributed by atoms with E-state index in [1.807, 2.05) is 30.3 Å². The number of hydrogen-bond acceptors (Lipinski definition) is 5. The van der Waals surface area contributed by atoms with E-state index in [1.165, 1.54) is 11.9 Å². The first kappa shape index (κ1) is 19.0. The van der Waals surface area contributed by atoms with E-state index in [-0.39, 0.29) is 29.9 Å². The minimum atomic E-state index is -0.516. The van der Waals surface area contributed by atoms with Crippen LogP contribution in [0.2, 0.25) is 5.02 Å². The van der Waals surface area contributed by atoms with Gasteiger partial charge in [-0.25, -0.2) is 9.67 Å². The van der Waals surface area contributed by atoms with Crippen molar-refractivity contribution in [1.82, 2.24) is 20.1 Å². The predicted molar refractivity (Wildman–Crippen MR) is 113 cm³/mol. The Balaban J connectivity index is 1.64. The van der Waals surface area contributed by atoms with Crippen molar-refractivity contribution in [2.24, 2.45) is 0 Å². The Hall–Kier alpha value is -2.96. The SMILES string of the molecule is O=C1C[C@H](c2ccc(Cl)cc2)[C@H](n2cncn2)C(O)=C1[C@H]1NCCc2ccccc21. The van der Waals surface area contributed by atoms with E-state index in [4.69, 9.17) is 11.6 Å². The number of Topliss-reactive ketones (excluding diaryl/α,β-unsaturated/α-hetero) is 1. The lowest BCUT2D eigenvalue weighted by Gasteiger charge is -2.36. The van der Waals surface area contributed by atoms with Gasteiger partial charge in [0.2, 0.25) is 0 Å². The van der Waals surface area contributed by atoms with Crippen LogP contribution in [0.25, 0.3) is 0 Å². The van der Waals surface area contributed by atoms with Crippen LogP contribution in [0.3, 0.4) is 0 Å². The van der Waals surface area contributed by atoms with Gasteiger partial charge in [0, 0.05) is 23.9 Å². The number of aromatic nitrogens is 3. The van der Waals surface area contributed by atoms with E-state index in [9.17, 15) is 9.90 Å². The van der Waals surface area contributed by atoms with Gasteiger partial charge in [-0.2, -0.15) is 5.10 Å². The highest BCUT2D eigenvalue weighted by molar-refractivity contribution is 6.30. The van der Waals surface area contributed by atoms with Gasteiger partial charge in [-0.1, -0.05) is 48.0 Å². The summed E-state index contributed by atoms with van der Waals surface area (Å²) in [5.74, 6) is -0.275. The van der Waals surface area contributed by atoms with Gasteiger partial charge in [-0.15, -0.1) is 0 Å². The minimum absolute atomic E-state index is 0.0471. The van der Waals surface area contributed by atoms with E-state index in [2.05, 4.69) is 21.5 Å². The Bertz CT molecular complexity index is 1110. The van der Waals surface area contributed by atoms with Crippen molar-refractivity contribution in [3.63, 3.8) is 0 Å². The average Bonchev–Trinajstić information content (AvgIpc) is 3.28. The van der Waals surface area contributed by atoms with Crippen LogP contribution in [0.4, 0.5) is 0 Å². The molecule has 152 valence electrons. The number of carbonyl (C=O) groups excluding carboxylic acids is 1. The summed E-state index contributed by atoms with van der Waals surface area (Å²) in [7, 11) is 0. The van der Waals surface area contributed by atoms with E-state index in [1.54, 1.807) is 23.1 Å². The Labute approximate surface area is 179 Å². The maximum absolute atomic E-state index is 13.4. The average molecular weight is 421 g/mol. The number of aliphatic hydroxyl groups excluding tert-OH is 1. The molecule has 0 radical (unpaired) electrons. The molecule has 1 aliphatic heterocycles. The number of rotatable bonds is 3. The van der Waals surface area contributed by atoms with Crippen molar-refractivity contribution in [1.29, 1.82) is 0 Å². The minimum Gasteiger partial charge on any atom is -0.510 e. The van der Waals surface area contributed by atoms with Crippen molar-refractivity contribution >= 4 is 17.4 Å². The molecule has 2 heterocycles. The normalized spacial score (nSPS) is 24.0. The van der Waals surface area contributed by atoms with Crippen LogP contribution in [-0.4, -0.2) is 32.2 Å². The molecule has 5 rings (SSSR count). The van der Waals surface area contributed by atoms with Crippen LogP contribution in [0, 0.1) is 0 Å². The molecule has 2 aromatic carbocycles. The second-order valence-corrected chi connectivity index (χ2v) is 8.18. The Morgan fingerprint density at radius 1 is 1.13 bits per heavy atom. The number of nitrogens with one attached hydrogen (secondary N) is 1. The van der Waals surface area contributed by atoms with E-state index in [0.29, 0.717) is 10.6 Å². The van der Waals surface area contributed by atoms with Gasteiger partial charge >= 0.3 is 0 Å². The molecule has 0 saturated heterocycles. The van der Waals surface area contributed by atoms with Crippen molar-refractivity contribution in [2.45, 2.75) is 30.8 Å². The molecule has 0 unspecified atom stereocenters. The zero-order valence-corrected chi connectivity index (χ0v) is 17.0. The fourth-order valence-corrected chi connectivity index (χ4v) is 4.79. The monoisotopic (exact) mass is 420 g/mol. The fourth-order valence-electron chi connectivity index (χ4n) is 4.67. The lowest BCUT2D eigenvalue weighted by Crippen LogP contribution is -2.38. The lowest BCUT2D eigenvalue weighted by molar-refractivity contribution is -0.117. The largest absolute Gasteiger partial charge is 0.510 e. The number of benzene rings is 2. The van der Waals surface area contributed by atoms with Crippen molar-refractivity contribution in [3.05, 3.63) is 94.2 Å². The number of nitrogens with zero attached hydrogens (tertiary/aromatic N) is 3. The Morgan fingerprint density at radius 3 is 2.70 bits per heavy atom. The molecule has 3 aromatic rings. The summed E-state index contributed by atoms with van der Waals surface area (Å²) < 4.78 is 1.63. The summed E-state index contributed by atoms with van der Waals surface area (Å²) in [6.45, 7) is 0.750. The summed E-state index contributed by atoms with van der Waals surface area (Å²) in [5.41, 5.74) is 3.59. The highest BCUT2D eigenvalue weighted by atomic mass is 35.5. The number of hydrogen-bond donors (Lipinski definition) is 2. The Morgan fingerprint density at radius 2 is 1.93 bits per heavy atom. The van der Waals surface area contributed by atoms with Gasteiger partial charge in [0.05, 0.1) is 11.6 Å². The quantitative estimate of drug-likeness (QED) is 0.671. The van der Waals surface area contributed by atoms with E-state index in [0.717, 1.165) is 24.1 Å².